The van der Waals surface area contributed by atoms with Gasteiger partial charge in [-0.1, -0.05) is 335 Å². The van der Waals surface area contributed by atoms with Crippen molar-refractivity contribution in [1.82, 2.24) is 4.57 Å². The van der Waals surface area contributed by atoms with E-state index >= 15 is 0 Å². The monoisotopic (exact) mass is 1640 g/mol. The normalized spacial score (nSPS) is 13.8. The van der Waals surface area contributed by atoms with Crippen molar-refractivity contribution in [2.24, 2.45) is 0 Å². The Bertz CT molecular complexity index is 8690. The molecule has 6 nitrogen and oxygen atoms in total. The summed E-state index contributed by atoms with van der Waals surface area (Å²) in [6.45, 7) is 19.8. The third-order valence-electron chi connectivity index (χ3n) is 26.4. The zero-order valence-corrected chi connectivity index (χ0v) is 71.9. The molecule has 606 valence electrons. The number of fused-ring (bicyclic) bond motifs is 16. The van der Waals surface area contributed by atoms with Gasteiger partial charge in [0.25, 0.3) is 6.71 Å². The molecular formula is C120H90BN3O3. The highest BCUT2D eigenvalue weighted by molar-refractivity contribution is 7.00. The summed E-state index contributed by atoms with van der Waals surface area (Å²) in [5.41, 5.74) is 30.2. The molecule has 18 aromatic carbocycles. The van der Waals surface area contributed by atoms with E-state index in [1.807, 2.05) is 30.3 Å². The summed E-state index contributed by atoms with van der Waals surface area (Å²) in [5, 5.41) is 5.65. The van der Waals surface area contributed by atoms with Crippen molar-refractivity contribution < 1.29 is 24.2 Å². The number of aromatic nitrogens is 1. The standard InChI is InChI=1S/C120H90BN3O3/c1-118(2,3)83-60-78(61-84(71-83)119(4,5)6)77-56-59-103-100(68-77)121-99-58-57-85(122-101-49-27-22-42-86(101)87-43-23-28-50-102(87)122)72-104(99)124(116-94(76-40-20-13-21-41-76)63-80(74-36-16-11-17-37-74)65-96(116)90-48-33-55-111-113(90)92-46-26-31-53-109(92)126-111)106-70-82(81-66-97-88-44-24-29-51-107(88)127-117(97)98(67-81)120(7,8)9)69-105(114(106)121)123(103)115-93(75-38-18-12-19-39-75)62-79(73-34-14-10-15-35-73)64-95(115)89-47-32-54-110-112(89)91-45-25-30-52-108(91)125-110/h10-72H,1-9H3/i22D,23D,27D,28D,42D,43D,49D,50D. The molecule has 7 heteroatoms. The molecule has 0 bridgehead atoms. The van der Waals surface area contributed by atoms with Gasteiger partial charge in [0.2, 0.25) is 0 Å². The first-order valence-electron chi connectivity index (χ1n) is 47.8. The van der Waals surface area contributed by atoms with E-state index in [0.29, 0.717) is 17.0 Å². The summed E-state index contributed by atoms with van der Waals surface area (Å²) in [7, 11) is 0. The van der Waals surface area contributed by atoms with Crippen LogP contribution in [0.25, 0.3) is 182 Å². The minimum atomic E-state index is -0.677. The van der Waals surface area contributed by atoms with E-state index < -0.39 is 60.5 Å². The van der Waals surface area contributed by atoms with Crippen LogP contribution < -0.4 is 26.2 Å². The molecular weight excluding hydrogens is 1540 g/mol. The minimum absolute atomic E-state index is 0.00122. The molecule has 24 rings (SSSR count). The lowest BCUT2D eigenvalue weighted by Crippen LogP contribution is -2.61. The highest BCUT2D eigenvalue weighted by Crippen LogP contribution is 2.58. The molecule has 0 saturated heterocycles. The number of furan rings is 3. The molecule has 22 aromatic rings. The predicted molar refractivity (Wildman–Crippen MR) is 536 cm³/mol. The topological polar surface area (TPSA) is 50.8 Å². The predicted octanol–water partition coefficient (Wildman–Crippen LogP) is 31.8. The summed E-state index contributed by atoms with van der Waals surface area (Å²) < 4.78 is 101. The number of benzene rings is 18. The van der Waals surface area contributed by atoms with Gasteiger partial charge in [-0.25, -0.2) is 0 Å². The fourth-order valence-corrected chi connectivity index (χ4v) is 20.3. The largest absolute Gasteiger partial charge is 0.456 e. The van der Waals surface area contributed by atoms with E-state index in [9.17, 15) is 11.0 Å². The van der Waals surface area contributed by atoms with Gasteiger partial charge in [-0.15, -0.1) is 0 Å². The van der Waals surface area contributed by atoms with Gasteiger partial charge in [0.1, 0.15) is 33.5 Å². The lowest BCUT2D eigenvalue weighted by Gasteiger charge is -2.46. The summed E-state index contributed by atoms with van der Waals surface area (Å²) >= 11 is 0. The Kier molecular flexibility index (Phi) is 15.2. The minimum Gasteiger partial charge on any atom is -0.456 e. The molecule has 4 aromatic heterocycles. The van der Waals surface area contributed by atoms with Crippen molar-refractivity contribution in [2.75, 3.05) is 9.80 Å². The summed E-state index contributed by atoms with van der Waals surface area (Å²) in [6.07, 6.45) is 0. The second-order valence-electron chi connectivity index (χ2n) is 37.2. The van der Waals surface area contributed by atoms with Crippen LogP contribution in [0.2, 0.25) is 0 Å². The zero-order valence-electron chi connectivity index (χ0n) is 79.9. The molecule has 6 heterocycles. The molecule has 0 spiro atoms. The van der Waals surface area contributed by atoms with Gasteiger partial charge in [0.15, 0.2) is 0 Å². The Labute approximate surface area is 750 Å². The van der Waals surface area contributed by atoms with Crippen molar-refractivity contribution >= 4 is 145 Å². The smallest absolute Gasteiger partial charge is 0.252 e. The first kappa shape index (κ1) is 67.3. The fourth-order valence-electron chi connectivity index (χ4n) is 20.3. The van der Waals surface area contributed by atoms with E-state index in [1.54, 1.807) is 4.57 Å². The van der Waals surface area contributed by atoms with Gasteiger partial charge in [-0.2, -0.15) is 0 Å². The van der Waals surface area contributed by atoms with Gasteiger partial charge >= 0.3 is 0 Å². The van der Waals surface area contributed by atoms with Crippen LogP contribution in [0.1, 0.15) is 90.0 Å². The molecule has 2 aliphatic heterocycles. The quantitative estimate of drug-likeness (QED) is 0.121. The third-order valence-corrected chi connectivity index (χ3v) is 26.4. The molecule has 0 atom stereocenters. The zero-order chi connectivity index (χ0) is 92.4. The second kappa shape index (κ2) is 28.7. The van der Waals surface area contributed by atoms with Crippen LogP contribution >= 0.6 is 0 Å². The van der Waals surface area contributed by atoms with Crippen LogP contribution in [-0.4, -0.2) is 11.3 Å². The lowest BCUT2D eigenvalue weighted by molar-refractivity contribution is 0.569. The fraction of sp³-hybridized carbons (Fsp3) is 0.100. The number of para-hydroxylation sites is 5. The maximum absolute atomic E-state index is 10.2. The molecule has 0 aliphatic carbocycles. The van der Waals surface area contributed by atoms with Crippen LogP contribution in [0.5, 0.6) is 0 Å². The van der Waals surface area contributed by atoms with E-state index in [0.717, 1.165) is 200 Å². The van der Waals surface area contributed by atoms with Crippen LogP contribution in [0.15, 0.2) is 395 Å². The Morgan fingerprint density at radius 2 is 0.701 bits per heavy atom. The second-order valence-corrected chi connectivity index (χ2v) is 37.2. The van der Waals surface area contributed by atoms with Gasteiger partial charge in [-0.3, -0.25) is 0 Å². The first-order valence-corrected chi connectivity index (χ1v) is 43.8. The molecule has 2 aliphatic rings. The average molecular weight is 1640 g/mol. The van der Waals surface area contributed by atoms with Gasteiger partial charge in [-0.05, 0) is 220 Å². The highest BCUT2D eigenvalue weighted by Gasteiger charge is 2.47. The maximum atomic E-state index is 10.2. The Morgan fingerprint density at radius 1 is 0.268 bits per heavy atom. The molecule has 127 heavy (non-hydrogen) atoms. The number of rotatable bonds is 11. The maximum Gasteiger partial charge on any atom is 0.252 e. The summed E-state index contributed by atoms with van der Waals surface area (Å²) in [6, 6.07) is 116. The van der Waals surface area contributed by atoms with Crippen molar-refractivity contribution in [3.05, 3.63) is 399 Å². The van der Waals surface area contributed by atoms with E-state index in [1.165, 1.54) is 11.1 Å². The Hall–Kier alpha value is -15.2. The molecule has 0 fully saturated rings. The van der Waals surface area contributed by atoms with E-state index in [-0.39, 0.29) is 32.6 Å². The lowest BCUT2D eigenvalue weighted by atomic mass is 9.33. The van der Waals surface area contributed by atoms with Gasteiger partial charge in [0.05, 0.1) is 33.4 Å². The van der Waals surface area contributed by atoms with Gasteiger partial charge < -0.3 is 27.6 Å². The van der Waals surface area contributed by atoms with Crippen LogP contribution in [0.4, 0.5) is 34.1 Å². The van der Waals surface area contributed by atoms with Crippen LogP contribution in [-0.2, 0) is 16.2 Å². The SMILES string of the molecule is [2H]c1c([2H])c([2H])c2c(c1[2H])c1c([2H])c([2H])c([2H])c([2H])c1n2-c1ccc2c(c1)N(c1c(-c3ccccc3)cc(-c3ccccc3)cc1-c1cccc3oc4ccccc4c13)c1cc(-c3cc(C(C)(C)C)c4oc5ccccc5c4c3)cc3c1B2c1cc(-c2cc(C(C)(C)C)cc(C(C)(C)C)c2)ccc1N3c1c(-c2ccccc2)cc(-c2ccccc2)cc1-c1cccc2oc3ccccc3c12. The Morgan fingerprint density at radius 3 is 1.21 bits per heavy atom. The van der Waals surface area contributed by atoms with Crippen molar-refractivity contribution in [1.29, 1.82) is 0 Å². The van der Waals surface area contributed by atoms with E-state index in [4.69, 9.17) is 13.3 Å². The highest BCUT2D eigenvalue weighted by atomic mass is 16.3. The molecule has 0 N–H and O–H groups in total. The third kappa shape index (κ3) is 12.2. The number of anilines is 6. The average Bonchev–Trinajstić information content (AvgIpc) is 1.30. The van der Waals surface area contributed by atoms with Crippen molar-refractivity contribution in [3.63, 3.8) is 0 Å². The van der Waals surface area contributed by atoms with Crippen molar-refractivity contribution in [3.8, 4) is 94.7 Å². The molecule has 0 radical (unpaired) electrons. The van der Waals surface area contributed by atoms with Crippen LogP contribution in [0, 0.1) is 0 Å². The van der Waals surface area contributed by atoms with E-state index in [2.05, 4.69) is 375 Å². The summed E-state index contributed by atoms with van der Waals surface area (Å²) in [4.78, 5) is 5.07. The number of hydrogen-bond acceptors (Lipinski definition) is 5. The molecule has 0 amide bonds. The number of nitrogens with zero attached hydrogens (tertiary/aromatic N) is 3. The summed E-state index contributed by atoms with van der Waals surface area (Å²) in [5.74, 6) is 0. The van der Waals surface area contributed by atoms with Gasteiger partial charge in [0, 0.05) is 99.3 Å². The molecule has 0 unspecified atom stereocenters. The number of hydrogen-bond donors (Lipinski definition) is 0. The van der Waals surface area contributed by atoms with Crippen molar-refractivity contribution in [2.45, 2.75) is 78.6 Å². The first-order chi connectivity index (χ1) is 65.2. The Balaban J connectivity index is 0.943. The molecule has 0 saturated carbocycles. The van der Waals surface area contributed by atoms with Crippen LogP contribution in [0.3, 0.4) is 0 Å².